The Balaban J connectivity index is 5.31. The molecule has 0 radical (unpaired) electrons. The van der Waals surface area contributed by atoms with E-state index in [0.29, 0.717) is 0 Å². The lowest BCUT2D eigenvalue weighted by Gasteiger charge is -2.14. The first-order chi connectivity index (χ1) is 12.0. The third kappa shape index (κ3) is 4.27. The molecule has 2 N–H and O–H groups in total. The van der Waals surface area contributed by atoms with Crippen LogP contribution in [0.2, 0.25) is 0 Å². The molecule has 0 atom stereocenters. The van der Waals surface area contributed by atoms with Crippen LogP contribution < -0.4 is 10.6 Å². The summed E-state index contributed by atoms with van der Waals surface area (Å²) in [5.41, 5.74) is 16.4. The van der Waals surface area contributed by atoms with Gasteiger partial charge in [0.2, 0.25) is 0 Å². The summed E-state index contributed by atoms with van der Waals surface area (Å²) >= 11 is 0. The maximum Gasteiger partial charge on any atom is 0.562 e. The number of hydrogen-bond acceptors (Lipinski definition) is 11. The highest BCUT2D eigenvalue weighted by atomic mass is 16.7. The molecule has 0 fully saturated rings. The summed E-state index contributed by atoms with van der Waals surface area (Å²) in [5.74, 6) is -7.06. The third-order valence-corrected chi connectivity index (χ3v) is 2.55. The van der Waals surface area contributed by atoms with Gasteiger partial charge in [0, 0.05) is 9.82 Å². The fourth-order valence-corrected chi connectivity index (χ4v) is 1.21. The van der Waals surface area contributed by atoms with E-state index in [2.05, 4.69) is 10.2 Å². The summed E-state index contributed by atoms with van der Waals surface area (Å²) in [6.07, 6.45) is 0. The highest BCUT2D eigenvalue weighted by Crippen LogP contribution is 2.14. The predicted octanol–water partition coefficient (Wildman–Crippen LogP) is -0.679. The second-order valence-electron chi connectivity index (χ2n) is 3.99. The van der Waals surface area contributed by atoms with E-state index >= 15 is 0 Å². The molecular weight excluding hydrogens is 372 g/mol. The van der Waals surface area contributed by atoms with Gasteiger partial charge < -0.3 is 10.6 Å². The second-order valence-corrected chi connectivity index (χ2v) is 3.99. The van der Waals surface area contributed by atoms with Gasteiger partial charge in [0.25, 0.3) is 0 Å². The van der Waals surface area contributed by atoms with E-state index in [1.165, 1.54) is 10.6 Å². The fourth-order valence-electron chi connectivity index (χ4n) is 1.21. The number of urea groups is 1. The molecule has 140 valence electrons. The normalized spacial score (nSPS) is 10.5. The highest BCUT2D eigenvalue weighted by Gasteiger charge is 2.58. The van der Waals surface area contributed by atoms with Gasteiger partial charge >= 0.3 is 17.6 Å². The number of hydrogen-bond donors (Lipinski definition) is 2. The van der Waals surface area contributed by atoms with Crippen molar-refractivity contribution >= 4 is 6.03 Å². The van der Waals surface area contributed by atoms with E-state index in [9.17, 15) is 45.3 Å². The van der Waals surface area contributed by atoms with Gasteiger partial charge in [-0.05, 0) is 11.1 Å². The molecule has 0 spiro atoms. The Morgan fingerprint density at radius 3 is 1.27 bits per heavy atom. The average Bonchev–Trinajstić information content (AvgIpc) is 2.53. The van der Waals surface area contributed by atoms with Crippen LogP contribution in [0.15, 0.2) is 10.2 Å². The molecule has 0 aliphatic heterocycles. The summed E-state index contributed by atoms with van der Waals surface area (Å²) in [4.78, 5) is 51.8. The van der Waals surface area contributed by atoms with Gasteiger partial charge in [-0.1, -0.05) is 0 Å². The van der Waals surface area contributed by atoms with Crippen LogP contribution in [-0.2, 0) is 0 Å². The summed E-state index contributed by atoms with van der Waals surface area (Å²) in [5, 5.41) is 50.7. The molecular formula is C5H6N12O9. The van der Waals surface area contributed by atoms with Crippen molar-refractivity contribution < 1.29 is 24.5 Å². The molecule has 21 heteroatoms. The number of carbonyl (C=O) groups is 1. The number of azide groups is 2. The number of nitro groups is 4. The van der Waals surface area contributed by atoms with Crippen molar-refractivity contribution in [2.24, 2.45) is 10.2 Å². The van der Waals surface area contributed by atoms with Crippen molar-refractivity contribution in [1.29, 1.82) is 0 Å². The van der Waals surface area contributed by atoms with Crippen LogP contribution in [0.4, 0.5) is 4.79 Å². The third-order valence-electron chi connectivity index (χ3n) is 2.55. The van der Waals surface area contributed by atoms with Crippen LogP contribution in [0.25, 0.3) is 20.9 Å². The Labute approximate surface area is 138 Å². The van der Waals surface area contributed by atoms with Crippen molar-refractivity contribution in [1.82, 2.24) is 10.6 Å². The second kappa shape index (κ2) is 8.37. The molecule has 0 aromatic carbocycles. The van der Waals surface area contributed by atoms with Crippen LogP contribution in [0.3, 0.4) is 0 Å². The first-order valence-electron chi connectivity index (χ1n) is 5.72. The zero-order chi connectivity index (χ0) is 20.5. The van der Waals surface area contributed by atoms with E-state index in [1.54, 1.807) is 0 Å². The van der Waals surface area contributed by atoms with Crippen molar-refractivity contribution in [3.63, 3.8) is 0 Å². The SMILES string of the molecule is [N-]=[N+]=NC(CNC(=O)NCC(N=[N+]=[N-])([N+](=O)[O-])[N+](=O)[O-])([N+](=O)[O-])[N+](=O)[O-]. The molecule has 0 saturated carbocycles. The van der Waals surface area contributed by atoms with Gasteiger partial charge in [-0.25, -0.2) is 4.79 Å². The smallest absolute Gasteiger partial charge is 0.324 e. The molecule has 0 aromatic heterocycles. The Kier molecular flexibility index (Phi) is 6.92. The lowest BCUT2D eigenvalue weighted by Crippen LogP contribution is -2.57. The topological polar surface area (TPSA) is 311 Å². The molecule has 0 rings (SSSR count). The van der Waals surface area contributed by atoms with Crippen LogP contribution in [0.1, 0.15) is 0 Å². The minimum absolute atomic E-state index is 1.49. The molecule has 26 heavy (non-hydrogen) atoms. The van der Waals surface area contributed by atoms with Gasteiger partial charge in [0.05, 0.1) is 10.2 Å². The minimum atomic E-state index is -3.53. The van der Waals surface area contributed by atoms with Gasteiger partial charge in [-0.15, -0.1) is 0 Å². The largest absolute Gasteiger partial charge is 0.562 e. The average molecular weight is 378 g/mol. The number of carbonyl (C=O) groups excluding carboxylic acids is 1. The molecule has 0 bridgehead atoms. The molecule has 2 amide bonds. The quantitative estimate of drug-likeness (QED) is 0.121. The molecule has 0 saturated heterocycles. The standard InChI is InChI=1S/C5H6N12O9/c6-12-10-4(14(19)20,15(21)22)1-8-3(18)9-2-5(11-13-7,16(23)24)17(25)26/h1-2H2,(H2,8,9,18). The number of nitrogens with zero attached hydrogens (tertiary/aromatic N) is 10. The van der Waals surface area contributed by atoms with Gasteiger partial charge in [0.15, 0.2) is 13.1 Å². The fraction of sp³-hybridized carbons (Fsp3) is 0.800. The Morgan fingerprint density at radius 2 is 1.08 bits per heavy atom. The van der Waals surface area contributed by atoms with E-state index in [0.717, 1.165) is 0 Å². The van der Waals surface area contributed by atoms with Crippen molar-refractivity contribution in [2.45, 2.75) is 11.6 Å². The Bertz CT molecular complexity index is 634. The molecule has 0 aromatic rings. The predicted molar refractivity (Wildman–Crippen MR) is 73.1 cm³/mol. The summed E-state index contributed by atoms with van der Waals surface area (Å²) < 4.78 is 0. The van der Waals surface area contributed by atoms with E-state index < -0.39 is 50.4 Å². The highest BCUT2D eigenvalue weighted by molar-refractivity contribution is 5.73. The van der Waals surface area contributed by atoms with Crippen LogP contribution in [0.5, 0.6) is 0 Å². The molecule has 0 unspecified atom stereocenters. The lowest BCUT2D eigenvalue weighted by molar-refractivity contribution is -0.792. The van der Waals surface area contributed by atoms with Gasteiger partial charge in [-0.3, -0.25) is 40.5 Å². The van der Waals surface area contributed by atoms with E-state index in [-0.39, 0.29) is 0 Å². The monoisotopic (exact) mass is 378 g/mol. The first kappa shape index (κ1) is 21.5. The number of amides is 2. The van der Waals surface area contributed by atoms with Gasteiger partial charge in [-0.2, -0.15) is 0 Å². The number of nitrogens with one attached hydrogen (secondary N) is 2. The molecule has 0 aliphatic rings. The molecule has 0 aliphatic carbocycles. The Hall–Kier alpha value is -4.51. The zero-order valence-electron chi connectivity index (χ0n) is 12.1. The van der Waals surface area contributed by atoms with Crippen molar-refractivity contribution in [3.05, 3.63) is 61.3 Å². The summed E-state index contributed by atoms with van der Waals surface area (Å²) in [6.45, 7) is -3.01. The van der Waals surface area contributed by atoms with Crippen molar-refractivity contribution in [2.75, 3.05) is 13.1 Å². The van der Waals surface area contributed by atoms with Crippen LogP contribution in [0, 0.1) is 40.5 Å². The maximum absolute atomic E-state index is 11.5. The zero-order valence-corrected chi connectivity index (χ0v) is 12.1. The lowest BCUT2D eigenvalue weighted by atomic mass is 10.3. The first-order valence-corrected chi connectivity index (χ1v) is 5.72. The summed E-state index contributed by atoms with van der Waals surface area (Å²) in [7, 11) is 0. The molecule has 21 nitrogen and oxygen atoms in total. The van der Waals surface area contributed by atoms with Gasteiger partial charge in [0.1, 0.15) is 19.7 Å². The number of rotatable bonds is 10. The summed E-state index contributed by atoms with van der Waals surface area (Å²) in [6, 6.07) is -1.59. The van der Waals surface area contributed by atoms with Crippen LogP contribution in [-0.4, -0.2) is 50.4 Å². The van der Waals surface area contributed by atoms with Crippen LogP contribution >= 0.6 is 0 Å². The van der Waals surface area contributed by atoms with E-state index in [4.69, 9.17) is 11.1 Å². The molecule has 0 heterocycles. The van der Waals surface area contributed by atoms with E-state index in [1.807, 2.05) is 9.82 Å². The maximum atomic E-state index is 11.5. The minimum Gasteiger partial charge on any atom is -0.324 e. The Morgan fingerprint density at radius 1 is 0.808 bits per heavy atom. The van der Waals surface area contributed by atoms with Crippen molar-refractivity contribution in [3.8, 4) is 0 Å².